The summed E-state index contributed by atoms with van der Waals surface area (Å²) in [6.45, 7) is 2.74. The number of nitrogens with two attached hydrogens (primary N) is 1. The highest BCUT2D eigenvalue weighted by molar-refractivity contribution is 5.49. The molecule has 84 valence electrons. The Bertz CT molecular complexity index is 324. The maximum atomic E-state index is 5.50. The molecule has 0 aliphatic rings. The summed E-state index contributed by atoms with van der Waals surface area (Å²) in [5.41, 5.74) is 7.85. The van der Waals surface area contributed by atoms with E-state index in [-0.39, 0.29) is 0 Å². The maximum Gasteiger partial charge on any atom is 0.163 e. The van der Waals surface area contributed by atoms with Gasteiger partial charge in [-0.2, -0.15) is 0 Å². The third kappa shape index (κ3) is 2.86. The molecule has 0 spiro atoms. The minimum Gasteiger partial charge on any atom is -0.493 e. The Hall–Kier alpha value is -1.22. The lowest BCUT2D eigenvalue weighted by Crippen LogP contribution is -2.03. The van der Waals surface area contributed by atoms with Crippen LogP contribution in [0, 0.1) is 6.92 Å². The first-order valence-electron chi connectivity index (χ1n) is 5.14. The van der Waals surface area contributed by atoms with Gasteiger partial charge in [-0.05, 0) is 43.5 Å². The molecular formula is C12H19NO2. The van der Waals surface area contributed by atoms with Crippen LogP contribution in [0.5, 0.6) is 11.5 Å². The molecule has 0 fully saturated rings. The van der Waals surface area contributed by atoms with E-state index in [1.807, 2.05) is 13.0 Å². The topological polar surface area (TPSA) is 44.5 Å². The van der Waals surface area contributed by atoms with E-state index in [4.69, 9.17) is 15.2 Å². The van der Waals surface area contributed by atoms with Crippen molar-refractivity contribution in [2.75, 3.05) is 20.8 Å². The summed E-state index contributed by atoms with van der Waals surface area (Å²) < 4.78 is 10.6. The number of hydrogen-bond donors (Lipinski definition) is 1. The molecule has 3 nitrogen and oxygen atoms in total. The average molecular weight is 209 g/mol. The highest BCUT2D eigenvalue weighted by Crippen LogP contribution is 2.33. The Labute approximate surface area is 91.2 Å². The molecule has 0 amide bonds. The van der Waals surface area contributed by atoms with Gasteiger partial charge in [0.25, 0.3) is 0 Å². The number of ether oxygens (including phenoxy) is 2. The molecule has 0 unspecified atom stereocenters. The molecule has 1 rings (SSSR count). The van der Waals surface area contributed by atoms with Crippen molar-refractivity contribution in [3.63, 3.8) is 0 Å². The van der Waals surface area contributed by atoms with Crippen molar-refractivity contribution in [1.29, 1.82) is 0 Å². The minimum absolute atomic E-state index is 0.694. The third-order valence-corrected chi connectivity index (χ3v) is 2.35. The van der Waals surface area contributed by atoms with Gasteiger partial charge in [0, 0.05) is 0 Å². The molecule has 0 saturated carbocycles. The molecule has 1 aromatic carbocycles. The zero-order chi connectivity index (χ0) is 11.3. The first kappa shape index (κ1) is 11.9. The van der Waals surface area contributed by atoms with Crippen LogP contribution in [0.2, 0.25) is 0 Å². The van der Waals surface area contributed by atoms with E-state index in [0.29, 0.717) is 6.54 Å². The van der Waals surface area contributed by atoms with Crippen LogP contribution in [0.25, 0.3) is 0 Å². The van der Waals surface area contributed by atoms with Crippen LogP contribution >= 0.6 is 0 Å². The predicted molar refractivity (Wildman–Crippen MR) is 61.7 cm³/mol. The SMILES string of the molecule is COc1cc(C)cc(CCCN)c1OC. The Kier molecular flexibility index (Phi) is 4.43. The summed E-state index contributed by atoms with van der Waals surface area (Å²) in [5, 5.41) is 0. The zero-order valence-corrected chi connectivity index (χ0v) is 9.67. The van der Waals surface area contributed by atoms with Crippen molar-refractivity contribution < 1.29 is 9.47 Å². The van der Waals surface area contributed by atoms with Gasteiger partial charge in [0.2, 0.25) is 0 Å². The summed E-state index contributed by atoms with van der Waals surface area (Å²) in [7, 11) is 3.32. The molecule has 0 aliphatic heterocycles. The Morgan fingerprint density at radius 3 is 2.47 bits per heavy atom. The van der Waals surface area contributed by atoms with Gasteiger partial charge >= 0.3 is 0 Å². The number of aryl methyl sites for hydroxylation is 2. The van der Waals surface area contributed by atoms with Crippen LogP contribution in [-0.2, 0) is 6.42 Å². The van der Waals surface area contributed by atoms with Crippen LogP contribution < -0.4 is 15.2 Å². The van der Waals surface area contributed by atoms with Gasteiger partial charge in [0.1, 0.15) is 0 Å². The van der Waals surface area contributed by atoms with Crippen LogP contribution in [0.1, 0.15) is 17.5 Å². The lowest BCUT2D eigenvalue weighted by molar-refractivity contribution is 0.351. The summed E-state index contributed by atoms with van der Waals surface area (Å²) in [4.78, 5) is 0. The standard InChI is InChI=1S/C12H19NO2/c1-9-7-10(5-4-6-13)12(15-3)11(8-9)14-2/h7-8H,4-6,13H2,1-3H3. The molecule has 0 bridgehead atoms. The summed E-state index contributed by atoms with van der Waals surface area (Å²) in [5.74, 6) is 1.63. The van der Waals surface area contributed by atoms with Gasteiger partial charge in [-0.3, -0.25) is 0 Å². The molecule has 0 radical (unpaired) electrons. The van der Waals surface area contributed by atoms with E-state index in [0.717, 1.165) is 24.3 Å². The third-order valence-electron chi connectivity index (χ3n) is 2.35. The molecule has 3 heteroatoms. The van der Waals surface area contributed by atoms with Crippen LogP contribution in [-0.4, -0.2) is 20.8 Å². The number of hydrogen-bond acceptors (Lipinski definition) is 3. The molecule has 0 aromatic heterocycles. The fraction of sp³-hybridized carbons (Fsp3) is 0.500. The molecule has 2 N–H and O–H groups in total. The minimum atomic E-state index is 0.694. The number of methoxy groups -OCH3 is 2. The quantitative estimate of drug-likeness (QED) is 0.805. The van der Waals surface area contributed by atoms with E-state index in [2.05, 4.69) is 6.07 Å². The molecule has 0 saturated heterocycles. The first-order valence-corrected chi connectivity index (χ1v) is 5.14. The van der Waals surface area contributed by atoms with E-state index in [1.54, 1.807) is 14.2 Å². The molecular weight excluding hydrogens is 190 g/mol. The highest BCUT2D eigenvalue weighted by Gasteiger charge is 2.10. The second-order valence-corrected chi connectivity index (χ2v) is 3.55. The Balaban J connectivity index is 3.05. The lowest BCUT2D eigenvalue weighted by Gasteiger charge is -2.13. The summed E-state index contributed by atoms with van der Waals surface area (Å²) in [6.07, 6.45) is 1.89. The second kappa shape index (κ2) is 5.61. The van der Waals surface area contributed by atoms with E-state index < -0.39 is 0 Å². The van der Waals surface area contributed by atoms with Crippen LogP contribution in [0.4, 0.5) is 0 Å². The molecule has 0 atom stereocenters. The van der Waals surface area contributed by atoms with Crippen molar-refractivity contribution >= 4 is 0 Å². The van der Waals surface area contributed by atoms with Crippen molar-refractivity contribution in [3.05, 3.63) is 23.3 Å². The number of rotatable bonds is 5. The molecule has 1 aromatic rings. The zero-order valence-electron chi connectivity index (χ0n) is 9.67. The monoisotopic (exact) mass is 209 g/mol. The summed E-state index contributed by atoms with van der Waals surface area (Å²) >= 11 is 0. The van der Waals surface area contributed by atoms with Gasteiger partial charge in [0.05, 0.1) is 14.2 Å². The van der Waals surface area contributed by atoms with Crippen molar-refractivity contribution in [2.45, 2.75) is 19.8 Å². The van der Waals surface area contributed by atoms with E-state index in [9.17, 15) is 0 Å². The van der Waals surface area contributed by atoms with Crippen molar-refractivity contribution in [1.82, 2.24) is 0 Å². The van der Waals surface area contributed by atoms with Crippen LogP contribution in [0.15, 0.2) is 12.1 Å². The van der Waals surface area contributed by atoms with Gasteiger partial charge in [-0.15, -0.1) is 0 Å². The van der Waals surface area contributed by atoms with E-state index >= 15 is 0 Å². The highest BCUT2D eigenvalue weighted by atomic mass is 16.5. The lowest BCUT2D eigenvalue weighted by atomic mass is 10.0. The fourth-order valence-corrected chi connectivity index (χ4v) is 1.67. The van der Waals surface area contributed by atoms with Gasteiger partial charge in [0.15, 0.2) is 11.5 Å². The smallest absolute Gasteiger partial charge is 0.163 e. The number of benzene rings is 1. The fourth-order valence-electron chi connectivity index (χ4n) is 1.67. The largest absolute Gasteiger partial charge is 0.493 e. The average Bonchev–Trinajstić information content (AvgIpc) is 2.25. The van der Waals surface area contributed by atoms with E-state index in [1.165, 1.54) is 11.1 Å². The second-order valence-electron chi connectivity index (χ2n) is 3.55. The Morgan fingerprint density at radius 2 is 1.93 bits per heavy atom. The maximum absolute atomic E-state index is 5.50. The molecule has 15 heavy (non-hydrogen) atoms. The molecule has 0 heterocycles. The van der Waals surface area contributed by atoms with Crippen molar-refractivity contribution in [2.24, 2.45) is 5.73 Å². The molecule has 0 aliphatic carbocycles. The van der Waals surface area contributed by atoms with Gasteiger partial charge in [-0.1, -0.05) is 6.07 Å². The normalized spacial score (nSPS) is 10.1. The van der Waals surface area contributed by atoms with Crippen molar-refractivity contribution in [3.8, 4) is 11.5 Å². The predicted octanol–water partition coefficient (Wildman–Crippen LogP) is 1.90. The van der Waals surface area contributed by atoms with Gasteiger partial charge in [-0.25, -0.2) is 0 Å². The van der Waals surface area contributed by atoms with Gasteiger partial charge < -0.3 is 15.2 Å². The summed E-state index contributed by atoms with van der Waals surface area (Å²) in [6, 6.07) is 4.10. The first-order chi connectivity index (χ1) is 7.22. The Morgan fingerprint density at radius 1 is 1.20 bits per heavy atom. The van der Waals surface area contributed by atoms with Crippen LogP contribution in [0.3, 0.4) is 0 Å².